The Bertz CT molecular complexity index is 881. The Kier molecular flexibility index (Phi) is 2.67. The Morgan fingerprint density at radius 2 is 1.67 bits per heavy atom. The van der Waals surface area contributed by atoms with Crippen LogP contribution in [0.4, 0.5) is 0 Å². The minimum absolute atomic E-state index is 0.860. The van der Waals surface area contributed by atoms with Crippen LogP contribution in [0.3, 0.4) is 0 Å². The minimum Gasteiger partial charge on any atom is -0.300 e. The highest BCUT2D eigenvalue weighted by atomic mass is 15.1. The molecule has 0 saturated heterocycles. The molecular weight excluding hydrogens is 262 g/mol. The first-order valence-corrected chi connectivity index (χ1v) is 6.55. The van der Waals surface area contributed by atoms with Crippen LogP contribution in [0.25, 0.3) is 27.8 Å². The summed E-state index contributed by atoms with van der Waals surface area (Å²) in [6.07, 6.45) is 12.5. The second-order valence-corrected chi connectivity index (χ2v) is 4.65. The summed E-state index contributed by atoms with van der Waals surface area (Å²) in [7, 11) is 0. The molecule has 4 rings (SSSR count). The highest BCUT2D eigenvalue weighted by Crippen LogP contribution is 2.21. The molecule has 4 aromatic rings. The minimum atomic E-state index is 0.860. The second-order valence-electron chi connectivity index (χ2n) is 4.65. The third-order valence-electron chi connectivity index (χ3n) is 3.38. The van der Waals surface area contributed by atoms with E-state index in [9.17, 15) is 0 Å². The molecule has 0 aliphatic carbocycles. The molecule has 100 valence electrons. The normalized spacial score (nSPS) is 10.9. The molecular formula is C16H11N5. The Hall–Kier alpha value is -3.08. The predicted octanol–water partition coefficient (Wildman–Crippen LogP) is 2.88. The monoisotopic (exact) mass is 273 g/mol. The van der Waals surface area contributed by atoms with Gasteiger partial charge in [-0.3, -0.25) is 9.55 Å². The average molecular weight is 273 g/mol. The summed E-state index contributed by atoms with van der Waals surface area (Å²) in [6, 6.07) is 8.04. The van der Waals surface area contributed by atoms with E-state index in [1.54, 1.807) is 18.6 Å². The van der Waals surface area contributed by atoms with E-state index in [4.69, 9.17) is 0 Å². The van der Waals surface area contributed by atoms with Crippen LogP contribution in [0.2, 0.25) is 0 Å². The van der Waals surface area contributed by atoms with E-state index >= 15 is 0 Å². The van der Waals surface area contributed by atoms with Crippen LogP contribution in [-0.4, -0.2) is 24.5 Å². The lowest BCUT2D eigenvalue weighted by Crippen LogP contribution is -1.95. The van der Waals surface area contributed by atoms with Gasteiger partial charge >= 0.3 is 0 Å². The molecule has 0 aliphatic rings. The summed E-state index contributed by atoms with van der Waals surface area (Å²) < 4.78 is 2.02. The lowest BCUT2D eigenvalue weighted by atomic mass is 10.1. The maximum atomic E-state index is 4.53. The Morgan fingerprint density at radius 3 is 2.48 bits per heavy atom. The van der Waals surface area contributed by atoms with Crippen molar-refractivity contribution < 1.29 is 0 Å². The fourth-order valence-electron chi connectivity index (χ4n) is 2.32. The second kappa shape index (κ2) is 4.79. The number of fused-ring (bicyclic) bond motifs is 1. The summed E-state index contributed by atoms with van der Waals surface area (Å²) in [5.41, 5.74) is 2.99. The molecule has 5 heteroatoms. The lowest BCUT2D eigenvalue weighted by molar-refractivity contribution is 1.04. The van der Waals surface area contributed by atoms with Crippen LogP contribution in [-0.2, 0) is 0 Å². The topological polar surface area (TPSA) is 56.5 Å². The first-order chi connectivity index (χ1) is 10.4. The van der Waals surface area contributed by atoms with Gasteiger partial charge in [-0.2, -0.15) is 0 Å². The standard InChI is InChI=1S/C16H11N5/c1-2-16(20-9-13(1)14-7-18-11-19-8-14)21-6-4-12-3-5-17-10-15(12)21/h1-11H. The molecule has 0 aromatic carbocycles. The SMILES string of the molecule is c1cc2ccn(-c3ccc(-c4cncnc4)cn3)c2cn1. The predicted molar refractivity (Wildman–Crippen MR) is 79.9 cm³/mol. The number of aromatic nitrogens is 5. The van der Waals surface area contributed by atoms with Gasteiger partial charge in [-0.15, -0.1) is 0 Å². The van der Waals surface area contributed by atoms with E-state index in [-0.39, 0.29) is 0 Å². The molecule has 0 amide bonds. The van der Waals surface area contributed by atoms with Gasteiger partial charge in [-0.05, 0) is 24.3 Å². The quantitative estimate of drug-likeness (QED) is 0.563. The Labute approximate surface area is 121 Å². The first kappa shape index (κ1) is 11.7. The zero-order valence-electron chi connectivity index (χ0n) is 11.1. The number of nitrogens with zero attached hydrogens (tertiary/aromatic N) is 5. The molecule has 0 unspecified atom stereocenters. The van der Waals surface area contributed by atoms with Crippen LogP contribution in [0.1, 0.15) is 0 Å². The van der Waals surface area contributed by atoms with Crippen molar-refractivity contribution in [1.29, 1.82) is 0 Å². The number of pyridine rings is 2. The van der Waals surface area contributed by atoms with Crippen molar-refractivity contribution in [3.8, 4) is 16.9 Å². The van der Waals surface area contributed by atoms with Crippen LogP contribution < -0.4 is 0 Å². The molecule has 0 N–H and O–H groups in total. The van der Waals surface area contributed by atoms with Crippen molar-refractivity contribution in [3.05, 3.63) is 67.8 Å². The van der Waals surface area contributed by atoms with E-state index in [1.807, 2.05) is 41.4 Å². The van der Waals surface area contributed by atoms with Crippen molar-refractivity contribution in [3.63, 3.8) is 0 Å². The molecule has 21 heavy (non-hydrogen) atoms. The van der Waals surface area contributed by atoms with E-state index in [1.165, 1.54) is 6.33 Å². The Morgan fingerprint density at radius 1 is 0.762 bits per heavy atom. The van der Waals surface area contributed by atoms with Gasteiger partial charge in [0.15, 0.2) is 0 Å². The molecule has 0 spiro atoms. The third kappa shape index (κ3) is 2.04. The third-order valence-corrected chi connectivity index (χ3v) is 3.38. The smallest absolute Gasteiger partial charge is 0.137 e. The molecule has 0 fully saturated rings. The van der Waals surface area contributed by atoms with E-state index in [2.05, 4.69) is 26.0 Å². The van der Waals surface area contributed by atoms with Gasteiger partial charge in [-0.25, -0.2) is 15.0 Å². The molecule has 0 atom stereocenters. The van der Waals surface area contributed by atoms with Gasteiger partial charge in [0.05, 0.1) is 11.7 Å². The lowest BCUT2D eigenvalue weighted by Gasteiger charge is -2.05. The summed E-state index contributed by atoms with van der Waals surface area (Å²) in [5.74, 6) is 0.860. The van der Waals surface area contributed by atoms with Gasteiger partial charge < -0.3 is 0 Å². The Balaban J connectivity index is 1.77. The molecule has 0 aliphatic heterocycles. The van der Waals surface area contributed by atoms with Crippen LogP contribution in [0.5, 0.6) is 0 Å². The zero-order valence-corrected chi connectivity index (χ0v) is 11.1. The summed E-state index contributed by atoms with van der Waals surface area (Å²) in [5, 5.41) is 1.15. The molecule has 0 bridgehead atoms. The largest absolute Gasteiger partial charge is 0.300 e. The van der Waals surface area contributed by atoms with Crippen molar-refractivity contribution in [2.24, 2.45) is 0 Å². The van der Waals surface area contributed by atoms with Crippen molar-refractivity contribution >= 4 is 10.9 Å². The van der Waals surface area contributed by atoms with Crippen molar-refractivity contribution in [2.75, 3.05) is 0 Å². The summed E-state index contributed by atoms with van der Waals surface area (Å²) in [4.78, 5) is 16.7. The van der Waals surface area contributed by atoms with Crippen molar-refractivity contribution in [1.82, 2.24) is 24.5 Å². The van der Waals surface area contributed by atoms with Crippen LogP contribution in [0, 0.1) is 0 Å². The molecule has 0 radical (unpaired) electrons. The summed E-state index contributed by atoms with van der Waals surface area (Å²) >= 11 is 0. The zero-order chi connectivity index (χ0) is 14.1. The number of rotatable bonds is 2. The molecule has 4 heterocycles. The average Bonchev–Trinajstić information content (AvgIpc) is 3.00. The molecule has 0 saturated carbocycles. The van der Waals surface area contributed by atoms with Crippen LogP contribution >= 0.6 is 0 Å². The highest BCUT2D eigenvalue weighted by Gasteiger charge is 2.05. The number of hydrogen-bond acceptors (Lipinski definition) is 4. The fraction of sp³-hybridized carbons (Fsp3) is 0. The van der Waals surface area contributed by atoms with E-state index < -0.39 is 0 Å². The van der Waals surface area contributed by atoms with E-state index in [0.29, 0.717) is 0 Å². The van der Waals surface area contributed by atoms with Gasteiger partial charge in [-0.1, -0.05) is 0 Å². The summed E-state index contributed by atoms with van der Waals surface area (Å²) in [6.45, 7) is 0. The van der Waals surface area contributed by atoms with Gasteiger partial charge in [0, 0.05) is 47.5 Å². The van der Waals surface area contributed by atoms with Gasteiger partial charge in [0.2, 0.25) is 0 Å². The maximum Gasteiger partial charge on any atom is 0.137 e. The van der Waals surface area contributed by atoms with Gasteiger partial charge in [0.1, 0.15) is 12.1 Å². The van der Waals surface area contributed by atoms with Crippen molar-refractivity contribution in [2.45, 2.75) is 0 Å². The fourth-order valence-corrected chi connectivity index (χ4v) is 2.32. The van der Waals surface area contributed by atoms with Crippen LogP contribution in [0.15, 0.2) is 67.8 Å². The van der Waals surface area contributed by atoms with Gasteiger partial charge in [0.25, 0.3) is 0 Å². The van der Waals surface area contributed by atoms with E-state index in [0.717, 1.165) is 27.8 Å². The number of hydrogen-bond donors (Lipinski definition) is 0. The first-order valence-electron chi connectivity index (χ1n) is 6.55. The maximum absolute atomic E-state index is 4.53. The molecule has 5 nitrogen and oxygen atoms in total. The molecule has 4 aromatic heterocycles. The highest BCUT2D eigenvalue weighted by molar-refractivity contribution is 5.80.